The number of aromatic amines is 1. The molecule has 26 heavy (non-hydrogen) atoms. The predicted molar refractivity (Wildman–Crippen MR) is 109 cm³/mol. The zero-order chi connectivity index (χ0) is 19.4. The molecular formula is C22H31N3O. The monoisotopic (exact) mass is 353 g/mol. The fourth-order valence-corrected chi connectivity index (χ4v) is 4.56. The van der Waals surface area contributed by atoms with E-state index < -0.39 is 0 Å². The SMILES string of the molecule is CON1C(C)(C)C=C(/C(=C2\N=C(C)C=C2C)c2[nH]c(C)cc2C)C1(C)C. The van der Waals surface area contributed by atoms with Crippen molar-refractivity contribution in [3.05, 3.63) is 52.0 Å². The number of rotatable bonds is 3. The zero-order valence-corrected chi connectivity index (χ0v) is 17.5. The molecule has 0 radical (unpaired) electrons. The molecule has 2 aliphatic heterocycles. The molecule has 2 aliphatic rings. The highest BCUT2D eigenvalue weighted by Crippen LogP contribution is 2.48. The number of hydroxylamine groups is 2. The first-order valence-corrected chi connectivity index (χ1v) is 9.22. The highest BCUT2D eigenvalue weighted by atomic mass is 16.7. The van der Waals surface area contributed by atoms with Crippen LogP contribution in [-0.4, -0.2) is 33.9 Å². The third-order valence-electron chi connectivity index (χ3n) is 5.36. The number of hydrogen-bond acceptors (Lipinski definition) is 3. The molecule has 1 aromatic heterocycles. The Labute approximate surface area is 157 Å². The molecule has 0 unspecified atom stereocenters. The van der Waals surface area contributed by atoms with Crippen LogP contribution in [0, 0.1) is 13.8 Å². The molecule has 0 bridgehead atoms. The number of allylic oxidation sites excluding steroid dienone is 2. The molecule has 3 heterocycles. The topological polar surface area (TPSA) is 40.6 Å². The number of hydrogen-bond donors (Lipinski definition) is 1. The molecule has 0 saturated heterocycles. The maximum Gasteiger partial charge on any atom is 0.0759 e. The smallest absolute Gasteiger partial charge is 0.0759 e. The van der Waals surface area contributed by atoms with Gasteiger partial charge in [0.25, 0.3) is 0 Å². The van der Waals surface area contributed by atoms with Crippen LogP contribution in [-0.2, 0) is 4.84 Å². The molecule has 140 valence electrons. The quantitative estimate of drug-likeness (QED) is 0.819. The maximum absolute atomic E-state index is 5.80. The molecular weight excluding hydrogens is 322 g/mol. The summed E-state index contributed by atoms with van der Waals surface area (Å²) in [7, 11) is 1.75. The van der Waals surface area contributed by atoms with E-state index in [1.54, 1.807) is 7.11 Å². The highest BCUT2D eigenvalue weighted by molar-refractivity contribution is 6.01. The van der Waals surface area contributed by atoms with Crippen LogP contribution in [0.2, 0.25) is 0 Å². The number of aryl methyl sites for hydroxylation is 2. The van der Waals surface area contributed by atoms with Crippen LogP contribution in [0.1, 0.15) is 58.5 Å². The molecule has 0 saturated carbocycles. The van der Waals surface area contributed by atoms with Gasteiger partial charge >= 0.3 is 0 Å². The Morgan fingerprint density at radius 3 is 2.19 bits per heavy atom. The van der Waals surface area contributed by atoms with Crippen LogP contribution >= 0.6 is 0 Å². The molecule has 0 spiro atoms. The molecule has 0 aromatic carbocycles. The second-order valence-electron chi connectivity index (χ2n) is 8.56. The minimum Gasteiger partial charge on any atom is -0.358 e. The second kappa shape index (κ2) is 6.07. The number of aliphatic imine (C=N–C) groups is 1. The lowest BCUT2D eigenvalue weighted by Crippen LogP contribution is -2.49. The van der Waals surface area contributed by atoms with E-state index in [0.717, 1.165) is 22.8 Å². The Hall–Kier alpha value is -1.91. The normalized spacial score (nSPS) is 23.8. The Morgan fingerprint density at radius 2 is 1.77 bits per heavy atom. The first-order valence-electron chi connectivity index (χ1n) is 9.22. The number of H-pyrrole nitrogens is 1. The molecule has 3 rings (SSSR count). The maximum atomic E-state index is 5.80. The summed E-state index contributed by atoms with van der Waals surface area (Å²) in [6.45, 7) is 17.3. The van der Waals surface area contributed by atoms with Crippen molar-refractivity contribution in [1.82, 2.24) is 10.0 Å². The van der Waals surface area contributed by atoms with Crippen molar-refractivity contribution in [2.75, 3.05) is 7.11 Å². The lowest BCUT2D eigenvalue weighted by molar-refractivity contribution is -0.212. The van der Waals surface area contributed by atoms with Crippen molar-refractivity contribution >= 4 is 11.3 Å². The van der Waals surface area contributed by atoms with Gasteiger partial charge in [-0.2, -0.15) is 5.06 Å². The van der Waals surface area contributed by atoms with E-state index in [2.05, 4.69) is 83.7 Å². The van der Waals surface area contributed by atoms with Gasteiger partial charge in [-0.15, -0.1) is 0 Å². The lowest BCUT2D eigenvalue weighted by atomic mass is 9.85. The van der Waals surface area contributed by atoms with E-state index in [1.165, 1.54) is 22.3 Å². The van der Waals surface area contributed by atoms with Gasteiger partial charge in [0.1, 0.15) is 0 Å². The number of aromatic nitrogens is 1. The van der Waals surface area contributed by atoms with E-state index in [-0.39, 0.29) is 11.1 Å². The van der Waals surface area contributed by atoms with Crippen molar-refractivity contribution in [1.29, 1.82) is 0 Å². The van der Waals surface area contributed by atoms with Crippen molar-refractivity contribution in [3.63, 3.8) is 0 Å². The third-order valence-corrected chi connectivity index (χ3v) is 5.36. The van der Waals surface area contributed by atoms with Crippen LogP contribution in [0.4, 0.5) is 0 Å². The summed E-state index contributed by atoms with van der Waals surface area (Å²) in [6.07, 6.45) is 4.48. The van der Waals surface area contributed by atoms with Crippen molar-refractivity contribution in [3.8, 4) is 0 Å². The summed E-state index contributed by atoms with van der Waals surface area (Å²) in [5.41, 5.74) is 8.80. The largest absolute Gasteiger partial charge is 0.358 e. The van der Waals surface area contributed by atoms with Gasteiger partial charge in [0.05, 0.1) is 29.6 Å². The Morgan fingerprint density at radius 1 is 1.12 bits per heavy atom. The molecule has 0 atom stereocenters. The highest BCUT2D eigenvalue weighted by Gasteiger charge is 2.48. The summed E-state index contributed by atoms with van der Waals surface area (Å²) in [5, 5.41) is 2.07. The van der Waals surface area contributed by atoms with Gasteiger partial charge in [0, 0.05) is 17.0 Å². The van der Waals surface area contributed by atoms with Crippen LogP contribution in [0.3, 0.4) is 0 Å². The Bertz CT molecular complexity index is 875. The summed E-state index contributed by atoms with van der Waals surface area (Å²) in [4.78, 5) is 14.3. The molecule has 1 N–H and O–H groups in total. The van der Waals surface area contributed by atoms with Gasteiger partial charge in [-0.25, -0.2) is 0 Å². The molecule has 0 amide bonds. The van der Waals surface area contributed by atoms with Crippen molar-refractivity contribution in [2.45, 2.75) is 66.5 Å². The molecule has 1 aromatic rings. The van der Waals surface area contributed by atoms with E-state index in [4.69, 9.17) is 9.83 Å². The van der Waals surface area contributed by atoms with Gasteiger partial charge in [0.15, 0.2) is 0 Å². The van der Waals surface area contributed by atoms with Crippen LogP contribution in [0.15, 0.2) is 40.1 Å². The zero-order valence-electron chi connectivity index (χ0n) is 17.5. The second-order valence-corrected chi connectivity index (χ2v) is 8.56. The molecule has 0 aliphatic carbocycles. The lowest BCUT2D eigenvalue weighted by Gasteiger charge is -2.39. The Kier molecular flexibility index (Phi) is 4.40. The predicted octanol–water partition coefficient (Wildman–Crippen LogP) is 5.12. The number of nitrogens with one attached hydrogen (secondary N) is 1. The minimum absolute atomic E-state index is 0.204. The summed E-state index contributed by atoms with van der Waals surface area (Å²) < 4.78 is 0. The van der Waals surface area contributed by atoms with E-state index >= 15 is 0 Å². The standard InChI is InChI=1S/C22H31N3O/c1-13-10-15(3)23-19(13)18(20-14(2)11-16(4)24-20)17-12-21(5,6)25(26-9)22(17,7)8/h10-12,23H,1-9H3/b20-18+. The van der Waals surface area contributed by atoms with E-state index in [9.17, 15) is 0 Å². The van der Waals surface area contributed by atoms with Crippen LogP contribution in [0.25, 0.3) is 5.57 Å². The summed E-state index contributed by atoms with van der Waals surface area (Å²) in [5.74, 6) is 0. The third kappa shape index (κ3) is 2.81. The number of nitrogens with zero attached hydrogens (tertiary/aromatic N) is 2. The minimum atomic E-state index is -0.279. The van der Waals surface area contributed by atoms with Gasteiger partial charge in [-0.05, 0) is 84.2 Å². The molecule has 4 nitrogen and oxygen atoms in total. The van der Waals surface area contributed by atoms with Crippen molar-refractivity contribution < 1.29 is 4.84 Å². The fraction of sp³-hybridized carbons (Fsp3) is 0.500. The molecule has 4 heteroatoms. The van der Waals surface area contributed by atoms with Crippen LogP contribution in [0.5, 0.6) is 0 Å². The van der Waals surface area contributed by atoms with E-state index in [1.807, 2.05) is 0 Å². The van der Waals surface area contributed by atoms with Gasteiger partial charge < -0.3 is 9.82 Å². The van der Waals surface area contributed by atoms with Gasteiger partial charge in [0.2, 0.25) is 0 Å². The van der Waals surface area contributed by atoms with Gasteiger partial charge in [-0.1, -0.05) is 6.08 Å². The first-order chi connectivity index (χ1) is 12.0. The van der Waals surface area contributed by atoms with Crippen LogP contribution < -0.4 is 0 Å². The van der Waals surface area contributed by atoms with Gasteiger partial charge in [-0.3, -0.25) is 4.99 Å². The average Bonchev–Trinajstić information content (AvgIpc) is 3.05. The first kappa shape index (κ1) is 18.9. The van der Waals surface area contributed by atoms with Crippen molar-refractivity contribution in [2.24, 2.45) is 4.99 Å². The summed E-state index contributed by atoms with van der Waals surface area (Å²) in [6, 6.07) is 2.20. The molecule has 0 fully saturated rings. The Balaban J connectivity index is 2.33. The van der Waals surface area contributed by atoms with E-state index in [0.29, 0.717) is 0 Å². The summed E-state index contributed by atoms with van der Waals surface area (Å²) >= 11 is 0. The average molecular weight is 354 g/mol. The fourth-order valence-electron chi connectivity index (χ4n) is 4.56.